The number of halogens is 1. The fourth-order valence-electron chi connectivity index (χ4n) is 2.51. The molecular weight excluding hydrogens is 404 g/mol. The highest BCUT2D eigenvalue weighted by molar-refractivity contribution is 9.10. The molecule has 1 aromatic carbocycles. The summed E-state index contributed by atoms with van der Waals surface area (Å²) in [4.78, 5) is 18.8. The molecule has 25 heavy (non-hydrogen) atoms. The van der Waals surface area contributed by atoms with Crippen LogP contribution in [0.25, 0.3) is 11.3 Å². The normalized spacial score (nSPS) is 15.2. The molecule has 1 aliphatic heterocycles. The molecule has 2 heterocycles. The van der Waals surface area contributed by atoms with Gasteiger partial charge in [-0.1, -0.05) is 28.1 Å². The summed E-state index contributed by atoms with van der Waals surface area (Å²) in [6, 6.07) is 7.95. The smallest absolute Gasteiger partial charge is 0.240 e. The topological polar surface area (TPSA) is 66.5 Å². The number of hydrogen-bond acceptors (Lipinski definition) is 6. The Hall–Kier alpha value is -1.32. The van der Waals surface area contributed by atoms with Gasteiger partial charge in [-0.2, -0.15) is 0 Å². The molecule has 1 fully saturated rings. The van der Waals surface area contributed by atoms with Gasteiger partial charge >= 0.3 is 0 Å². The molecule has 0 bridgehead atoms. The molecule has 134 valence electrons. The zero-order valence-corrected chi connectivity index (χ0v) is 16.2. The van der Waals surface area contributed by atoms with E-state index in [9.17, 15) is 4.79 Å². The second kappa shape index (κ2) is 9.40. The number of amides is 1. The monoisotopic (exact) mass is 424 g/mol. The molecule has 2 N–H and O–H groups in total. The molecule has 1 saturated heterocycles. The molecule has 1 aliphatic rings. The van der Waals surface area contributed by atoms with E-state index in [0.29, 0.717) is 5.13 Å². The number of rotatable bonds is 7. The minimum Gasteiger partial charge on any atom is -0.379 e. The van der Waals surface area contributed by atoms with Crippen LogP contribution in [0, 0.1) is 0 Å². The second-order valence-electron chi connectivity index (χ2n) is 5.72. The molecule has 0 unspecified atom stereocenters. The van der Waals surface area contributed by atoms with Crippen LogP contribution < -0.4 is 10.6 Å². The molecule has 0 atom stereocenters. The Morgan fingerprint density at radius 1 is 1.28 bits per heavy atom. The number of ether oxygens (including phenoxy) is 1. The maximum atomic E-state index is 12.0. The maximum absolute atomic E-state index is 12.0. The van der Waals surface area contributed by atoms with E-state index in [1.54, 1.807) is 0 Å². The fraction of sp³-hybridized carbons (Fsp3) is 0.412. The number of aromatic nitrogens is 1. The summed E-state index contributed by atoms with van der Waals surface area (Å²) in [5.41, 5.74) is 1.90. The zero-order valence-electron chi connectivity index (χ0n) is 13.8. The Labute approximate surface area is 159 Å². The standard InChI is InChI=1S/C17H21BrN4O2S/c18-14-3-1-13(2-4-14)15-12-25-17(20-15)21-16(23)11-19-5-6-22-7-9-24-10-8-22/h1-4,12,19H,5-11H2,(H,20,21,23). The molecule has 8 heteroatoms. The van der Waals surface area contributed by atoms with Crippen LogP contribution in [-0.4, -0.2) is 61.7 Å². The lowest BCUT2D eigenvalue weighted by atomic mass is 10.2. The van der Waals surface area contributed by atoms with Gasteiger partial charge < -0.3 is 15.4 Å². The molecular formula is C17H21BrN4O2S. The van der Waals surface area contributed by atoms with Crippen LogP contribution in [0.1, 0.15) is 0 Å². The Morgan fingerprint density at radius 2 is 2.04 bits per heavy atom. The van der Waals surface area contributed by atoms with E-state index < -0.39 is 0 Å². The van der Waals surface area contributed by atoms with Crippen molar-refractivity contribution in [2.24, 2.45) is 0 Å². The van der Waals surface area contributed by atoms with E-state index in [1.165, 1.54) is 11.3 Å². The summed E-state index contributed by atoms with van der Waals surface area (Å²) >= 11 is 4.85. The van der Waals surface area contributed by atoms with E-state index in [0.717, 1.165) is 55.1 Å². The van der Waals surface area contributed by atoms with Gasteiger partial charge in [-0.25, -0.2) is 4.98 Å². The SMILES string of the molecule is O=C(CNCCN1CCOCC1)Nc1nc(-c2ccc(Br)cc2)cs1. The minimum absolute atomic E-state index is 0.0707. The van der Waals surface area contributed by atoms with Crippen molar-refractivity contribution < 1.29 is 9.53 Å². The van der Waals surface area contributed by atoms with Gasteiger partial charge in [-0.3, -0.25) is 9.69 Å². The lowest BCUT2D eigenvalue weighted by molar-refractivity contribution is -0.115. The van der Waals surface area contributed by atoms with Crippen molar-refractivity contribution >= 4 is 38.3 Å². The van der Waals surface area contributed by atoms with E-state index >= 15 is 0 Å². The van der Waals surface area contributed by atoms with Crippen LogP contribution >= 0.6 is 27.3 Å². The number of carbonyl (C=O) groups excluding carboxylic acids is 1. The first-order valence-corrected chi connectivity index (χ1v) is 9.90. The van der Waals surface area contributed by atoms with Gasteiger partial charge in [0.05, 0.1) is 25.5 Å². The molecule has 6 nitrogen and oxygen atoms in total. The average Bonchev–Trinajstić information content (AvgIpc) is 3.09. The Bertz CT molecular complexity index is 686. The third kappa shape index (κ3) is 5.86. The Balaban J connectivity index is 1.40. The molecule has 0 radical (unpaired) electrons. The molecule has 2 aromatic rings. The first-order valence-electron chi connectivity index (χ1n) is 8.23. The van der Waals surface area contributed by atoms with Crippen LogP contribution in [0.4, 0.5) is 5.13 Å². The van der Waals surface area contributed by atoms with E-state index in [-0.39, 0.29) is 12.5 Å². The van der Waals surface area contributed by atoms with Crippen LogP contribution in [0.3, 0.4) is 0 Å². The number of morpholine rings is 1. The van der Waals surface area contributed by atoms with E-state index in [1.807, 2.05) is 29.6 Å². The molecule has 1 aromatic heterocycles. The van der Waals surface area contributed by atoms with Gasteiger partial charge in [0.25, 0.3) is 0 Å². The molecule has 0 saturated carbocycles. The van der Waals surface area contributed by atoms with Crippen LogP contribution in [-0.2, 0) is 9.53 Å². The quantitative estimate of drug-likeness (QED) is 0.668. The van der Waals surface area contributed by atoms with Crippen molar-refractivity contribution in [3.63, 3.8) is 0 Å². The summed E-state index contributed by atoms with van der Waals surface area (Å²) in [5, 5.41) is 8.59. The highest BCUT2D eigenvalue weighted by Gasteiger charge is 2.10. The lowest BCUT2D eigenvalue weighted by Gasteiger charge is -2.26. The van der Waals surface area contributed by atoms with Crippen molar-refractivity contribution in [3.8, 4) is 11.3 Å². The number of anilines is 1. The predicted molar refractivity (Wildman–Crippen MR) is 104 cm³/mol. The molecule has 1 amide bonds. The van der Waals surface area contributed by atoms with Gasteiger partial charge in [0.1, 0.15) is 0 Å². The van der Waals surface area contributed by atoms with Crippen molar-refractivity contribution in [2.75, 3.05) is 51.3 Å². The molecule has 3 rings (SSSR count). The number of thiazole rings is 1. The molecule has 0 aliphatic carbocycles. The lowest BCUT2D eigenvalue weighted by Crippen LogP contribution is -2.41. The van der Waals surface area contributed by atoms with E-state index in [4.69, 9.17) is 4.74 Å². The summed E-state index contributed by atoms with van der Waals surface area (Å²) in [5.74, 6) is -0.0707. The fourth-order valence-corrected chi connectivity index (χ4v) is 3.51. The van der Waals surface area contributed by atoms with Gasteiger partial charge in [0.15, 0.2) is 5.13 Å². The van der Waals surface area contributed by atoms with Gasteiger partial charge in [0, 0.05) is 41.6 Å². The highest BCUT2D eigenvalue weighted by atomic mass is 79.9. The van der Waals surface area contributed by atoms with Gasteiger partial charge in [0.2, 0.25) is 5.91 Å². The first kappa shape index (κ1) is 18.5. The number of carbonyl (C=O) groups is 1. The Kier molecular flexibility index (Phi) is 6.94. The minimum atomic E-state index is -0.0707. The summed E-state index contributed by atoms with van der Waals surface area (Å²) in [6.07, 6.45) is 0. The van der Waals surface area contributed by atoms with Crippen LogP contribution in [0.5, 0.6) is 0 Å². The summed E-state index contributed by atoms with van der Waals surface area (Å²) in [6.45, 7) is 5.53. The highest BCUT2D eigenvalue weighted by Crippen LogP contribution is 2.25. The Morgan fingerprint density at radius 3 is 2.80 bits per heavy atom. The maximum Gasteiger partial charge on any atom is 0.240 e. The van der Waals surface area contributed by atoms with Gasteiger partial charge in [-0.15, -0.1) is 11.3 Å². The number of nitrogens with zero attached hydrogens (tertiary/aromatic N) is 2. The first-order chi connectivity index (χ1) is 12.2. The van der Waals surface area contributed by atoms with Crippen molar-refractivity contribution in [1.82, 2.24) is 15.2 Å². The second-order valence-corrected chi connectivity index (χ2v) is 7.50. The number of nitrogens with one attached hydrogen (secondary N) is 2. The van der Waals surface area contributed by atoms with Gasteiger partial charge in [-0.05, 0) is 12.1 Å². The summed E-state index contributed by atoms with van der Waals surface area (Å²) in [7, 11) is 0. The van der Waals surface area contributed by atoms with Crippen molar-refractivity contribution in [3.05, 3.63) is 34.1 Å². The van der Waals surface area contributed by atoms with E-state index in [2.05, 4.69) is 36.4 Å². The molecule has 0 spiro atoms. The third-order valence-electron chi connectivity index (χ3n) is 3.88. The third-order valence-corrected chi connectivity index (χ3v) is 5.17. The van der Waals surface area contributed by atoms with Crippen LogP contribution in [0.15, 0.2) is 34.1 Å². The van der Waals surface area contributed by atoms with Crippen LogP contribution in [0.2, 0.25) is 0 Å². The largest absolute Gasteiger partial charge is 0.379 e. The predicted octanol–water partition coefficient (Wildman–Crippen LogP) is 2.43. The number of hydrogen-bond donors (Lipinski definition) is 2. The number of benzene rings is 1. The zero-order chi connectivity index (χ0) is 17.5. The summed E-state index contributed by atoms with van der Waals surface area (Å²) < 4.78 is 6.35. The van der Waals surface area contributed by atoms with Crippen molar-refractivity contribution in [1.29, 1.82) is 0 Å². The average molecular weight is 425 g/mol. The van der Waals surface area contributed by atoms with Crippen molar-refractivity contribution in [2.45, 2.75) is 0 Å².